The Morgan fingerprint density at radius 3 is 2.48 bits per heavy atom. The number of halogens is 2. The number of ether oxygens (including phenoxy) is 1. The second-order valence-electron chi connectivity index (χ2n) is 10.5. The van der Waals surface area contributed by atoms with Crippen LogP contribution in [0, 0.1) is 0 Å². The van der Waals surface area contributed by atoms with Crippen LogP contribution in [0.25, 0.3) is 0 Å². The third kappa shape index (κ3) is 6.83. The van der Waals surface area contributed by atoms with Crippen molar-refractivity contribution in [2.45, 2.75) is 31.6 Å². The lowest BCUT2D eigenvalue weighted by Crippen LogP contribution is -2.46. The van der Waals surface area contributed by atoms with Crippen LogP contribution in [0.5, 0.6) is 5.75 Å². The predicted octanol–water partition coefficient (Wildman–Crippen LogP) is 7.22. The van der Waals surface area contributed by atoms with Crippen LogP contribution in [-0.2, 0) is 11.2 Å². The van der Waals surface area contributed by atoms with Gasteiger partial charge in [-0.3, -0.25) is 9.69 Å². The third-order valence-electron chi connectivity index (χ3n) is 7.93. The molecule has 0 aliphatic carbocycles. The molecule has 0 spiro atoms. The highest BCUT2D eigenvalue weighted by Crippen LogP contribution is 2.34. The maximum atomic E-state index is 13.0. The van der Waals surface area contributed by atoms with Gasteiger partial charge in [0, 0.05) is 51.1 Å². The van der Waals surface area contributed by atoms with Crippen molar-refractivity contribution in [2.75, 3.05) is 55.7 Å². The van der Waals surface area contributed by atoms with Gasteiger partial charge in [0.15, 0.2) is 0 Å². The van der Waals surface area contributed by atoms with Gasteiger partial charge in [0.2, 0.25) is 5.91 Å². The molecule has 1 saturated heterocycles. The zero-order chi connectivity index (χ0) is 27.9. The van der Waals surface area contributed by atoms with Gasteiger partial charge < -0.3 is 14.5 Å². The molecule has 210 valence electrons. The van der Waals surface area contributed by atoms with E-state index >= 15 is 0 Å². The summed E-state index contributed by atoms with van der Waals surface area (Å²) < 4.78 is 6.15. The normalized spacial score (nSPS) is 16.5. The molecule has 40 heavy (non-hydrogen) atoms. The Morgan fingerprint density at radius 1 is 0.900 bits per heavy atom. The fraction of sp³-hybridized carbons (Fsp3) is 0.364. The molecule has 2 heterocycles. The standard InChI is InChI=1S/C33H37Cl2N3O2/c1-2-25(26-9-4-3-5-10-26)24-38-31-23-28(15-13-27(31)14-16-32(38)39)40-22-7-6-17-36-18-20-37(21-19-36)30-12-8-11-29(34)33(30)35/h2-5,8-13,15,23,25H,1,6-7,14,16-22,24H2/t25-/m1/s1. The van der Waals surface area contributed by atoms with Gasteiger partial charge in [-0.15, -0.1) is 6.58 Å². The molecule has 5 nitrogen and oxygen atoms in total. The molecule has 3 aromatic carbocycles. The number of anilines is 2. The summed E-state index contributed by atoms with van der Waals surface area (Å²) in [5.41, 5.74) is 4.35. The van der Waals surface area contributed by atoms with Crippen molar-refractivity contribution in [3.63, 3.8) is 0 Å². The number of fused-ring (bicyclic) bond motifs is 1. The second-order valence-corrected chi connectivity index (χ2v) is 11.3. The largest absolute Gasteiger partial charge is 0.494 e. The van der Waals surface area contributed by atoms with Gasteiger partial charge in [-0.2, -0.15) is 0 Å². The number of benzene rings is 3. The number of rotatable bonds is 11. The Morgan fingerprint density at radius 2 is 1.70 bits per heavy atom. The van der Waals surface area contributed by atoms with Gasteiger partial charge in [-0.1, -0.05) is 71.7 Å². The van der Waals surface area contributed by atoms with E-state index in [0.717, 1.165) is 69.1 Å². The first kappa shape index (κ1) is 28.5. The van der Waals surface area contributed by atoms with Crippen molar-refractivity contribution in [1.29, 1.82) is 0 Å². The van der Waals surface area contributed by atoms with Crippen LogP contribution in [-0.4, -0.2) is 56.7 Å². The third-order valence-corrected chi connectivity index (χ3v) is 8.74. The molecule has 1 fully saturated rings. The molecule has 7 heteroatoms. The number of hydrogen-bond acceptors (Lipinski definition) is 4. The molecule has 0 bridgehead atoms. The minimum Gasteiger partial charge on any atom is -0.494 e. The lowest BCUT2D eigenvalue weighted by molar-refractivity contribution is -0.118. The minimum atomic E-state index is 0.0741. The first-order chi connectivity index (χ1) is 19.5. The molecule has 1 atom stereocenters. The summed E-state index contributed by atoms with van der Waals surface area (Å²) in [6.45, 7) is 10.2. The van der Waals surface area contributed by atoms with Gasteiger partial charge in [-0.25, -0.2) is 0 Å². The molecule has 0 radical (unpaired) electrons. The second kappa shape index (κ2) is 13.6. The van der Waals surface area contributed by atoms with Crippen molar-refractivity contribution in [3.05, 3.63) is 101 Å². The molecular weight excluding hydrogens is 541 g/mol. The fourth-order valence-corrected chi connectivity index (χ4v) is 6.01. The topological polar surface area (TPSA) is 36.0 Å². The molecule has 0 unspecified atom stereocenters. The zero-order valence-electron chi connectivity index (χ0n) is 22.9. The van der Waals surface area contributed by atoms with Gasteiger partial charge in [-0.05, 0) is 55.1 Å². The van der Waals surface area contributed by atoms with E-state index < -0.39 is 0 Å². The maximum Gasteiger partial charge on any atom is 0.227 e. The number of hydrogen-bond donors (Lipinski definition) is 0. The molecule has 1 amide bonds. The average Bonchev–Trinajstić information content (AvgIpc) is 2.99. The summed E-state index contributed by atoms with van der Waals surface area (Å²) in [6.07, 6.45) is 5.29. The average molecular weight is 579 g/mol. The van der Waals surface area contributed by atoms with E-state index in [2.05, 4.69) is 34.6 Å². The van der Waals surface area contributed by atoms with Gasteiger partial charge in [0.25, 0.3) is 0 Å². The van der Waals surface area contributed by atoms with Crippen molar-refractivity contribution in [3.8, 4) is 5.75 Å². The van der Waals surface area contributed by atoms with Crippen LogP contribution in [0.2, 0.25) is 10.0 Å². The van der Waals surface area contributed by atoms with Crippen LogP contribution in [0.1, 0.15) is 36.3 Å². The molecule has 3 aromatic rings. The van der Waals surface area contributed by atoms with Crippen LogP contribution in [0.4, 0.5) is 11.4 Å². The van der Waals surface area contributed by atoms with Crippen molar-refractivity contribution < 1.29 is 9.53 Å². The molecular formula is C33H37Cl2N3O2. The van der Waals surface area contributed by atoms with E-state index in [4.69, 9.17) is 27.9 Å². The molecule has 0 saturated carbocycles. The van der Waals surface area contributed by atoms with Crippen LogP contribution in [0.3, 0.4) is 0 Å². The SMILES string of the molecule is C=C[C@H](CN1C(=O)CCc2ccc(OCCCCN3CCN(c4cccc(Cl)c4Cl)CC3)cc21)c1ccccc1. The van der Waals surface area contributed by atoms with E-state index in [-0.39, 0.29) is 11.8 Å². The minimum absolute atomic E-state index is 0.0741. The van der Waals surface area contributed by atoms with E-state index in [1.807, 2.05) is 59.5 Å². The summed E-state index contributed by atoms with van der Waals surface area (Å²) in [7, 11) is 0. The van der Waals surface area contributed by atoms with Gasteiger partial charge in [0.1, 0.15) is 5.75 Å². The lowest BCUT2D eigenvalue weighted by Gasteiger charge is -2.36. The Hall–Kier alpha value is -2.99. The number of piperazine rings is 1. The molecule has 0 aromatic heterocycles. The highest BCUT2D eigenvalue weighted by Gasteiger charge is 2.27. The number of amides is 1. The fourth-order valence-electron chi connectivity index (χ4n) is 5.60. The van der Waals surface area contributed by atoms with Gasteiger partial charge >= 0.3 is 0 Å². The Balaban J connectivity index is 1.10. The van der Waals surface area contributed by atoms with Crippen LogP contribution >= 0.6 is 23.2 Å². The van der Waals surface area contributed by atoms with Crippen LogP contribution < -0.4 is 14.5 Å². The number of nitrogens with zero attached hydrogens (tertiary/aromatic N) is 3. The van der Waals surface area contributed by atoms with Crippen molar-refractivity contribution >= 4 is 40.5 Å². The summed E-state index contributed by atoms with van der Waals surface area (Å²) in [5, 5.41) is 1.24. The molecule has 0 N–H and O–H groups in total. The highest BCUT2D eigenvalue weighted by atomic mass is 35.5. The Bertz CT molecular complexity index is 1310. The smallest absolute Gasteiger partial charge is 0.227 e. The maximum absolute atomic E-state index is 13.0. The monoisotopic (exact) mass is 577 g/mol. The van der Waals surface area contributed by atoms with Crippen molar-refractivity contribution in [1.82, 2.24) is 4.90 Å². The molecule has 5 rings (SSSR count). The quantitative estimate of drug-likeness (QED) is 0.178. The van der Waals surface area contributed by atoms with Crippen molar-refractivity contribution in [2.24, 2.45) is 0 Å². The van der Waals surface area contributed by atoms with E-state index in [9.17, 15) is 4.79 Å². The predicted molar refractivity (Wildman–Crippen MR) is 166 cm³/mol. The first-order valence-corrected chi connectivity index (χ1v) is 14.9. The number of aryl methyl sites for hydroxylation is 1. The summed E-state index contributed by atoms with van der Waals surface area (Å²) in [4.78, 5) is 19.7. The zero-order valence-corrected chi connectivity index (χ0v) is 24.4. The Labute approximate surface area is 247 Å². The highest BCUT2D eigenvalue weighted by molar-refractivity contribution is 6.43. The van der Waals surface area contributed by atoms with E-state index in [1.54, 1.807) is 0 Å². The van der Waals surface area contributed by atoms with Gasteiger partial charge in [0.05, 0.1) is 28.0 Å². The Kier molecular flexibility index (Phi) is 9.69. The summed E-state index contributed by atoms with van der Waals surface area (Å²) >= 11 is 12.6. The molecule has 2 aliphatic heterocycles. The summed E-state index contributed by atoms with van der Waals surface area (Å²) in [5.74, 6) is 1.05. The summed E-state index contributed by atoms with van der Waals surface area (Å²) in [6, 6.07) is 22.3. The van der Waals surface area contributed by atoms with E-state index in [1.165, 1.54) is 11.1 Å². The number of carbonyl (C=O) groups is 1. The number of carbonyl (C=O) groups excluding carboxylic acids is 1. The lowest BCUT2D eigenvalue weighted by atomic mass is 9.95. The molecule has 2 aliphatic rings. The van der Waals surface area contributed by atoms with E-state index in [0.29, 0.717) is 29.6 Å². The van der Waals surface area contributed by atoms with Crippen LogP contribution in [0.15, 0.2) is 79.4 Å². The first-order valence-electron chi connectivity index (χ1n) is 14.2. The number of unbranched alkanes of at least 4 members (excludes halogenated alkanes) is 1.